The molecule has 0 aromatic heterocycles. The summed E-state index contributed by atoms with van der Waals surface area (Å²) in [5.41, 5.74) is 0. The second-order valence-electron chi connectivity index (χ2n) is 3.46. The Bertz CT molecular complexity index is 219. The van der Waals surface area contributed by atoms with Crippen LogP contribution >= 0.6 is 0 Å². The lowest BCUT2D eigenvalue weighted by atomic mass is 10.1. The van der Waals surface area contributed by atoms with Crippen LogP contribution < -0.4 is 0 Å². The van der Waals surface area contributed by atoms with E-state index in [4.69, 9.17) is 4.74 Å². The van der Waals surface area contributed by atoms with Crippen molar-refractivity contribution in [1.82, 2.24) is 0 Å². The third-order valence-corrected chi connectivity index (χ3v) is 1.94. The van der Waals surface area contributed by atoms with Crippen LogP contribution in [0.1, 0.15) is 46.0 Å². The zero-order chi connectivity index (χ0) is 11.5. The first-order valence-corrected chi connectivity index (χ1v) is 5.49. The van der Waals surface area contributed by atoms with Gasteiger partial charge in [0, 0.05) is 12.5 Å². The Morgan fingerprint density at radius 3 is 2.53 bits per heavy atom. The van der Waals surface area contributed by atoms with Crippen molar-refractivity contribution in [3.05, 3.63) is 12.2 Å². The fourth-order valence-electron chi connectivity index (χ4n) is 1.18. The van der Waals surface area contributed by atoms with E-state index in [1.54, 1.807) is 13.8 Å². The molecule has 0 bridgehead atoms. The van der Waals surface area contributed by atoms with Crippen LogP contribution in [0.2, 0.25) is 0 Å². The number of hydrogen-bond donors (Lipinski definition) is 0. The van der Waals surface area contributed by atoms with Crippen molar-refractivity contribution >= 4 is 11.8 Å². The van der Waals surface area contributed by atoms with Gasteiger partial charge in [-0.2, -0.15) is 0 Å². The number of carbonyl (C=O) groups is 2. The van der Waals surface area contributed by atoms with Crippen LogP contribution in [0.3, 0.4) is 0 Å². The predicted molar refractivity (Wildman–Crippen MR) is 59.5 cm³/mol. The van der Waals surface area contributed by atoms with Crippen molar-refractivity contribution in [2.24, 2.45) is 0 Å². The van der Waals surface area contributed by atoms with Gasteiger partial charge in [0.05, 0.1) is 6.61 Å². The van der Waals surface area contributed by atoms with Crippen molar-refractivity contribution < 1.29 is 14.3 Å². The average Bonchev–Trinajstić information content (AvgIpc) is 2.16. The van der Waals surface area contributed by atoms with Crippen LogP contribution in [-0.2, 0) is 14.3 Å². The molecule has 3 heteroatoms. The van der Waals surface area contributed by atoms with Gasteiger partial charge in [0.25, 0.3) is 0 Å². The zero-order valence-corrected chi connectivity index (χ0v) is 9.62. The van der Waals surface area contributed by atoms with Gasteiger partial charge in [-0.25, -0.2) is 4.79 Å². The predicted octanol–water partition coefficient (Wildman–Crippen LogP) is 2.65. The molecule has 0 amide bonds. The van der Waals surface area contributed by atoms with Crippen LogP contribution in [0.15, 0.2) is 12.2 Å². The number of allylic oxidation sites excluding steroid dienone is 1. The van der Waals surface area contributed by atoms with E-state index in [-0.39, 0.29) is 11.8 Å². The van der Waals surface area contributed by atoms with Gasteiger partial charge in [-0.05, 0) is 33.1 Å². The highest BCUT2D eigenvalue weighted by Crippen LogP contribution is 2.04. The molecule has 0 N–H and O–H groups in total. The van der Waals surface area contributed by atoms with Gasteiger partial charge in [0.1, 0.15) is 5.78 Å². The lowest BCUT2D eigenvalue weighted by Crippen LogP contribution is -1.98. The molecule has 0 saturated carbocycles. The highest BCUT2D eigenvalue weighted by Gasteiger charge is 1.94. The Morgan fingerprint density at radius 1 is 1.20 bits per heavy atom. The highest BCUT2D eigenvalue weighted by molar-refractivity contribution is 5.81. The molecular weight excluding hydrogens is 192 g/mol. The van der Waals surface area contributed by atoms with E-state index in [9.17, 15) is 9.59 Å². The van der Waals surface area contributed by atoms with Crippen LogP contribution in [0.5, 0.6) is 0 Å². The molecule has 0 heterocycles. The number of unbranched alkanes of at least 4 members (excludes halogenated alkanes) is 3. The van der Waals surface area contributed by atoms with Crippen LogP contribution in [0.4, 0.5) is 0 Å². The van der Waals surface area contributed by atoms with Crippen LogP contribution in [-0.4, -0.2) is 18.4 Å². The van der Waals surface area contributed by atoms with E-state index in [0.717, 1.165) is 25.7 Å². The van der Waals surface area contributed by atoms with Gasteiger partial charge in [-0.3, -0.25) is 0 Å². The molecule has 0 aromatic carbocycles. The Hall–Kier alpha value is -1.12. The van der Waals surface area contributed by atoms with E-state index in [1.807, 2.05) is 6.08 Å². The topological polar surface area (TPSA) is 43.4 Å². The molecule has 86 valence electrons. The average molecular weight is 212 g/mol. The molecule has 0 aliphatic heterocycles. The summed E-state index contributed by atoms with van der Waals surface area (Å²) in [6, 6.07) is 0. The number of carbonyl (C=O) groups excluding carboxylic acids is 2. The molecule has 0 aliphatic carbocycles. The minimum atomic E-state index is -0.277. The molecule has 0 saturated heterocycles. The SMILES string of the molecule is CCOC(=O)/C=C/CCCCCC(C)=O. The molecule has 15 heavy (non-hydrogen) atoms. The van der Waals surface area contributed by atoms with Gasteiger partial charge < -0.3 is 9.53 Å². The Morgan fingerprint density at radius 2 is 1.93 bits per heavy atom. The molecule has 0 atom stereocenters. The largest absolute Gasteiger partial charge is 0.463 e. The summed E-state index contributed by atoms with van der Waals surface area (Å²) < 4.78 is 4.73. The second-order valence-corrected chi connectivity index (χ2v) is 3.46. The molecule has 0 rings (SSSR count). The molecule has 0 unspecified atom stereocenters. The first-order chi connectivity index (χ1) is 7.16. The molecule has 0 radical (unpaired) electrons. The number of ether oxygens (including phenoxy) is 1. The standard InChI is InChI=1S/C12H20O3/c1-3-15-12(14)10-8-6-4-5-7-9-11(2)13/h8,10H,3-7,9H2,1-2H3/b10-8+. The van der Waals surface area contributed by atoms with Crippen molar-refractivity contribution in [1.29, 1.82) is 0 Å². The first kappa shape index (κ1) is 13.9. The highest BCUT2D eigenvalue weighted by atomic mass is 16.5. The monoisotopic (exact) mass is 212 g/mol. The third kappa shape index (κ3) is 10.8. The van der Waals surface area contributed by atoms with Crippen molar-refractivity contribution in [3.8, 4) is 0 Å². The van der Waals surface area contributed by atoms with E-state index < -0.39 is 0 Å². The van der Waals surface area contributed by atoms with Crippen molar-refractivity contribution in [2.75, 3.05) is 6.61 Å². The molecule has 0 fully saturated rings. The molecule has 0 aromatic rings. The maximum atomic E-state index is 10.9. The zero-order valence-electron chi connectivity index (χ0n) is 9.62. The van der Waals surface area contributed by atoms with Crippen LogP contribution in [0.25, 0.3) is 0 Å². The lowest BCUT2D eigenvalue weighted by Gasteiger charge is -1.96. The van der Waals surface area contributed by atoms with Crippen molar-refractivity contribution in [3.63, 3.8) is 0 Å². The Kier molecular flexibility index (Phi) is 8.73. The number of Topliss-reactive ketones (excluding diaryl/α,β-unsaturated/α-hetero) is 1. The number of rotatable bonds is 8. The summed E-state index contributed by atoms with van der Waals surface area (Å²) in [6.45, 7) is 3.82. The van der Waals surface area contributed by atoms with Gasteiger partial charge in [0.15, 0.2) is 0 Å². The smallest absolute Gasteiger partial charge is 0.330 e. The van der Waals surface area contributed by atoms with Gasteiger partial charge >= 0.3 is 5.97 Å². The Balaban J connectivity index is 3.30. The fraction of sp³-hybridized carbons (Fsp3) is 0.667. The summed E-state index contributed by atoms with van der Waals surface area (Å²) in [4.78, 5) is 21.5. The fourth-order valence-corrected chi connectivity index (χ4v) is 1.18. The molecule has 0 aliphatic rings. The summed E-state index contributed by atoms with van der Waals surface area (Å²) in [7, 11) is 0. The third-order valence-electron chi connectivity index (χ3n) is 1.94. The summed E-state index contributed by atoms with van der Waals surface area (Å²) in [5.74, 6) is -0.0294. The quantitative estimate of drug-likeness (QED) is 0.353. The van der Waals surface area contributed by atoms with E-state index >= 15 is 0 Å². The minimum Gasteiger partial charge on any atom is -0.463 e. The maximum Gasteiger partial charge on any atom is 0.330 e. The summed E-state index contributed by atoms with van der Waals surface area (Å²) in [5, 5.41) is 0. The summed E-state index contributed by atoms with van der Waals surface area (Å²) in [6.07, 6.45) is 7.83. The van der Waals surface area contributed by atoms with Gasteiger partial charge in [-0.15, -0.1) is 0 Å². The maximum absolute atomic E-state index is 10.9. The number of hydrogen-bond acceptors (Lipinski definition) is 3. The van der Waals surface area contributed by atoms with E-state index in [2.05, 4.69) is 0 Å². The molecule has 0 spiro atoms. The second kappa shape index (κ2) is 9.44. The van der Waals surface area contributed by atoms with Crippen LogP contribution in [0, 0.1) is 0 Å². The molecule has 3 nitrogen and oxygen atoms in total. The van der Waals surface area contributed by atoms with E-state index in [0.29, 0.717) is 13.0 Å². The Labute approximate surface area is 91.5 Å². The minimum absolute atomic E-state index is 0.247. The number of ketones is 1. The van der Waals surface area contributed by atoms with E-state index in [1.165, 1.54) is 6.08 Å². The van der Waals surface area contributed by atoms with Gasteiger partial charge in [0.2, 0.25) is 0 Å². The first-order valence-electron chi connectivity index (χ1n) is 5.49. The lowest BCUT2D eigenvalue weighted by molar-refractivity contribution is -0.137. The van der Waals surface area contributed by atoms with Crippen molar-refractivity contribution in [2.45, 2.75) is 46.0 Å². The molecular formula is C12H20O3. The normalized spacial score (nSPS) is 10.5. The van der Waals surface area contributed by atoms with Gasteiger partial charge in [-0.1, -0.05) is 12.5 Å². The number of esters is 1. The summed E-state index contributed by atoms with van der Waals surface area (Å²) >= 11 is 0.